The molecule has 0 radical (unpaired) electrons. The third-order valence-corrected chi connectivity index (χ3v) is 15.8. The summed E-state index contributed by atoms with van der Waals surface area (Å²) in [4.78, 5) is 24.7. The SMILES string of the molecule is CCCCOc1cc(C(=O)OCC)nnc1OCCCC.CCCCOc1cc(C(O)C2CC2)nnc1OCCCC.CCCCOc1cc(C=C2CC2)nnc1OCCCC.CCCCOc1cc(C=O)nnc1OCCCC.CCCCOc1cc(Cl)nnc1OCCCC.CCN(CC)CC.CS(=O)(=O)Cl.[Br-].[CH-]1CC1.[Mg+2]. The zero-order valence-corrected chi connectivity index (χ0v) is 76.6. The summed E-state index contributed by atoms with van der Waals surface area (Å²) in [7, 11) is 1.31. The molecule has 0 saturated heterocycles. The van der Waals surface area contributed by atoms with Gasteiger partial charge in [0.05, 0.1) is 90.3 Å². The summed E-state index contributed by atoms with van der Waals surface area (Å²) >= 11 is 5.78. The Bertz CT molecular complexity index is 3360. The molecule has 5 aromatic heterocycles. The molecule has 114 heavy (non-hydrogen) atoms. The maximum atomic E-state index is 11.7. The van der Waals surface area contributed by atoms with Crippen LogP contribution in [-0.2, 0) is 13.8 Å². The van der Waals surface area contributed by atoms with Gasteiger partial charge < -0.3 is 85.5 Å². The first-order valence-corrected chi connectivity index (χ1v) is 44.1. The van der Waals surface area contributed by atoms with Gasteiger partial charge in [-0.2, -0.15) is 0 Å². The second kappa shape index (κ2) is 72.2. The minimum absolute atomic E-state index is 0. The van der Waals surface area contributed by atoms with Crippen LogP contribution in [0.3, 0.4) is 0 Å². The largest absolute Gasteiger partial charge is 2.00 e. The Kier molecular flexibility index (Phi) is 69.7. The number of carbonyl (C=O) groups is 2. The topological polar surface area (TPSA) is 322 Å². The molecule has 644 valence electrons. The van der Waals surface area contributed by atoms with Gasteiger partial charge in [0.15, 0.2) is 45.9 Å². The Balaban J connectivity index is 0. The summed E-state index contributed by atoms with van der Waals surface area (Å²) in [6.07, 6.45) is 33.0. The number of nitrogens with zero attached hydrogens (tertiary/aromatic N) is 11. The Labute approximate surface area is 718 Å². The first-order chi connectivity index (χ1) is 54.2. The van der Waals surface area contributed by atoms with Crippen LogP contribution in [0.4, 0.5) is 0 Å². The van der Waals surface area contributed by atoms with Gasteiger partial charge in [-0.1, -0.05) is 171 Å². The number of aldehydes is 1. The van der Waals surface area contributed by atoms with Gasteiger partial charge in [-0.15, -0.1) is 51.0 Å². The molecular formula is C82H136BrCl2MgN11O16S. The van der Waals surface area contributed by atoms with E-state index in [-0.39, 0.29) is 51.4 Å². The van der Waals surface area contributed by atoms with Crippen LogP contribution in [0.1, 0.15) is 302 Å². The molecule has 0 spiro atoms. The van der Waals surface area contributed by atoms with Crippen molar-refractivity contribution in [2.75, 3.05) is 98.6 Å². The minimum atomic E-state index is -3.19. The quantitative estimate of drug-likeness (QED) is 0.00944. The van der Waals surface area contributed by atoms with Crippen LogP contribution in [-0.4, -0.2) is 203 Å². The molecule has 0 amide bonds. The van der Waals surface area contributed by atoms with Gasteiger partial charge in [0.2, 0.25) is 9.05 Å². The summed E-state index contributed by atoms with van der Waals surface area (Å²) in [5.41, 5.74) is 3.27. The fourth-order valence-electron chi connectivity index (χ4n) is 8.38. The number of aliphatic hydroxyl groups is 1. The van der Waals surface area contributed by atoms with Crippen molar-refractivity contribution < 1.29 is 92.2 Å². The molecule has 3 aliphatic carbocycles. The van der Waals surface area contributed by atoms with Crippen molar-refractivity contribution in [3.63, 3.8) is 0 Å². The van der Waals surface area contributed by atoms with E-state index in [0.717, 1.165) is 159 Å². The summed E-state index contributed by atoms with van der Waals surface area (Å²) in [6, 6.07) is 8.46. The molecule has 5 heterocycles. The third kappa shape index (κ3) is 57.1. The summed E-state index contributed by atoms with van der Waals surface area (Å²) in [5, 5.41) is 50.1. The van der Waals surface area contributed by atoms with Crippen molar-refractivity contribution in [1.29, 1.82) is 0 Å². The molecule has 5 aromatic rings. The fraction of sp³-hybridized carbons (Fsp3) is 0.695. The van der Waals surface area contributed by atoms with E-state index in [4.69, 9.17) is 63.7 Å². The number of unbranched alkanes of at least 4 members (excludes halogenated alkanes) is 10. The first-order valence-electron chi connectivity index (χ1n) is 41.0. The number of halogens is 3. The zero-order chi connectivity index (χ0) is 82.8. The van der Waals surface area contributed by atoms with E-state index in [1.807, 2.05) is 6.07 Å². The number of aliphatic hydroxyl groups excluding tert-OH is 1. The predicted octanol–water partition coefficient (Wildman–Crippen LogP) is 15.6. The molecule has 3 aliphatic rings. The van der Waals surface area contributed by atoms with E-state index in [9.17, 15) is 23.1 Å². The van der Waals surface area contributed by atoms with Crippen LogP contribution in [0.2, 0.25) is 5.15 Å². The second-order valence-corrected chi connectivity index (χ2v) is 29.6. The number of aromatic nitrogens is 10. The Hall–Kier alpha value is -6.02. The van der Waals surface area contributed by atoms with Gasteiger partial charge in [0, 0.05) is 41.0 Å². The molecule has 3 saturated carbocycles. The summed E-state index contributed by atoms with van der Waals surface area (Å²) in [5.74, 6) is 4.74. The van der Waals surface area contributed by atoms with E-state index in [1.54, 1.807) is 25.1 Å². The molecule has 1 N–H and O–H groups in total. The van der Waals surface area contributed by atoms with Crippen molar-refractivity contribution in [3.05, 3.63) is 70.3 Å². The van der Waals surface area contributed by atoms with Gasteiger partial charge in [0.25, 0.3) is 29.4 Å². The van der Waals surface area contributed by atoms with E-state index in [1.165, 1.54) is 57.0 Å². The van der Waals surface area contributed by atoms with Crippen molar-refractivity contribution in [1.82, 2.24) is 55.9 Å². The van der Waals surface area contributed by atoms with Crippen molar-refractivity contribution >= 4 is 72.7 Å². The minimum Gasteiger partial charge on any atom is -1.00 e. The Morgan fingerprint density at radius 3 is 1.08 bits per heavy atom. The maximum absolute atomic E-state index is 11.7. The molecule has 0 aliphatic heterocycles. The van der Waals surface area contributed by atoms with E-state index < -0.39 is 21.1 Å². The molecule has 0 aromatic carbocycles. The number of ether oxygens (including phenoxy) is 11. The molecule has 3 fully saturated rings. The number of allylic oxidation sites excluding steroid dienone is 1. The Morgan fingerprint density at radius 2 is 0.772 bits per heavy atom. The number of rotatable bonds is 49. The first kappa shape index (κ1) is 110. The number of esters is 1. The molecular weight excluding hydrogens is 1600 g/mol. The molecule has 8 rings (SSSR count). The normalized spacial score (nSPS) is 12.0. The second-order valence-electron chi connectivity index (χ2n) is 26.2. The molecule has 0 bridgehead atoms. The zero-order valence-electron chi connectivity index (χ0n) is 71.3. The van der Waals surface area contributed by atoms with Gasteiger partial charge in [0.1, 0.15) is 11.8 Å². The van der Waals surface area contributed by atoms with Crippen LogP contribution in [0.25, 0.3) is 6.08 Å². The smallest absolute Gasteiger partial charge is 1.00 e. The standard InChI is InChI=1S/C16H26N2O3.C16H24N2O2.C15H24N2O4.C13H20N2O3.C12H19ClN2O2.C6H15N.C3H5.CH3ClO2S.BrH.Mg/c1-3-5-9-20-14-11-13(15(19)12-7-8-12)17-18-16(14)21-10-6-4-2;1-3-5-9-19-15-12-14(11-13-7-8-13)17-18-16(15)20-10-6-4-2;1-4-7-9-20-13-11-12(15(18)19-6-3)16-17-14(13)21-10-8-5-2;1-3-5-7-17-12-9-11(10-16)14-15-13(12)18-8-6-4-2;1-3-5-7-16-10-9-11(13)14-15-12(10)17-8-6-4-2;1-4-7(5-2)6-3;1-2-3-1;1-5(2,3)4;;/h11-12,15,19H,3-10H2,1-2H3;11-12H,3-10H2,1-2H3;11H,4-10H2,1-3H3;9-10H,3-8H2,1-2H3;9H,3-8H2,1-2H3;4-6H2,1-3H3;1H,2-3H2;1H3;1H;/q;;;;;;-1;;;+2/p-1. The Morgan fingerprint density at radius 1 is 0.474 bits per heavy atom. The monoisotopic (exact) mass is 1740 g/mol. The average Bonchev–Trinajstić information content (AvgIpc) is 1.64. The van der Waals surface area contributed by atoms with Crippen molar-refractivity contribution in [3.8, 4) is 58.1 Å². The van der Waals surface area contributed by atoms with Gasteiger partial charge in [-0.3, -0.25) is 4.79 Å². The molecule has 1 atom stereocenters. The number of hydrogen-bond donors (Lipinski definition) is 1. The van der Waals surface area contributed by atoms with E-state index in [0.29, 0.717) is 148 Å². The summed E-state index contributed by atoms with van der Waals surface area (Å²) < 4.78 is 79.9. The van der Waals surface area contributed by atoms with Crippen LogP contribution in [0.15, 0.2) is 35.9 Å². The molecule has 27 nitrogen and oxygen atoms in total. The van der Waals surface area contributed by atoms with E-state index >= 15 is 0 Å². The number of hydrogen-bond acceptors (Lipinski definition) is 27. The van der Waals surface area contributed by atoms with Crippen LogP contribution in [0.5, 0.6) is 58.1 Å². The number of carbonyl (C=O) groups excluding carboxylic acids is 2. The van der Waals surface area contributed by atoms with Gasteiger partial charge in [-0.05, 0) is 128 Å². The van der Waals surface area contributed by atoms with Crippen molar-refractivity contribution in [2.45, 2.75) is 270 Å². The van der Waals surface area contributed by atoms with Crippen molar-refractivity contribution in [2.24, 2.45) is 5.92 Å². The fourth-order valence-corrected chi connectivity index (χ4v) is 8.52. The summed E-state index contributed by atoms with van der Waals surface area (Å²) in [6.45, 7) is 39.4. The molecule has 32 heteroatoms. The van der Waals surface area contributed by atoms with Gasteiger partial charge in [-0.25, -0.2) is 26.1 Å². The van der Waals surface area contributed by atoms with Crippen LogP contribution >= 0.6 is 22.3 Å². The maximum Gasteiger partial charge on any atom is 2.00 e. The van der Waals surface area contributed by atoms with Crippen LogP contribution in [0, 0.1) is 12.3 Å². The predicted molar refractivity (Wildman–Crippen MR) is 449 cm³/mol. The average molecular weight is 1740 g/mol. The van der Waals surface area contributed by atoms with Crippen LogP contribution < -0.4 is 64.4 Å². The van der Waals surface area contributed by atoms with Gasteiger partial charge >= 0.3 is 29.0 Å². The third-order valence-electron chi connectivity index (χ3n) is 15.6. The van der Waals surface area contributed by atoms with E-state index in [2.05, 4.69) is 169 Å². The molecule has 1 unspecified atom stereocenters.